The Balaban J connectivity index is 1.47. The first kappa shape index (κ1) is 22.5. The van der Waals surface area contributed by atoms with Gasteiger partial charge < -0.3 is 4.57 Å². The fourth-order valence-corrected chi connectivity index (χ4v) is 4.91. The number of para-hydroxylation sites is 2. The lowest BCUT2D eigenvalue weighted by Gasteiger charge is -2.12. The third kappa shape index (κ3) is 4.45. The second kappa shape index (κ2) is 9.19. The van der Waals surface area contributed by atoms with E-state index in [0.717, 1.165) is 33.1 Å². The maximum Gasteiger partial charge on any atom is 0.293 e. The zero-order chi connectivity index (χ0) is 24.5. The van der Waals surface area contributed by atoms with E-state index in [0.29, 0.717) is 11.1 Å². The molecule has 9 heteroatoms. The van der Waals surface area contributed by atoms with Gasteiger partial charge in [-0.05, 0) is 41.6 Å². The number of thioether (sulfide) groups is 1. The number of benzene rings is 3. The predicted molar refractivity (Wildman–Crippen MR) is 132 cm³/mol. The van der Waals surface area contributed by atoms with Crippen LogP contribution in [0.3, 0.4) is 0 Å². The number of fused-ring (bicyclic) bond motifs is 1. The number of carbonyl (C=O) groups excluding carboxylic acids is 2. The number of nitrogens with zero attached hydrogens (tertiary/aromatic N) is 3. The Morgan fingerprint density at radius 2 is 1.66 bits per heavy atom. The summed E-state index contributed by atoms with van der Waals surface area (Å²) < 4.78 is 15.1. The Morgan fingerprint density at radius 1 is 0.943 bits per heavy atom. The average molecular weight is 488 g/mol. The van der Waals surface area contributed by atoms with Gasteiger partial charge in [0.2, 0.25) is 0 Å². The van der Waals surface area contributed by atoms with Gasteiger partial charge in [-0.15, -0.1) is 0 Å². The maximum atomic E-state index is 13.2. The molecule has 174 valence electrons. The van der Waals surface area contributed by atoms with Crippen molar-refractivity contribution in [1.29, 1.82) is 0 Å². The van der Waals surface area contributed by atoms with Crippen LogP contribution in [0.25, 0.3) is 17.0 Å². The van der Waals surface area contributed by atoms with E-state index in [9.17, 15) is 24.1 Å². The van der Waals surface area contributed by atoms with Crippen LogP contribution in [0.4, 0.5) is 14.9 Å². The second-order valence-corrected chi connectivity index (χ2v) is 9.00. The Bertz CT molecular complexity index is 1510. The van der Waals surface area contributed by atoms with Gasteiger partial charge in [0.25, 0.3) is 16.8 Å². The first-order chi connectivity index (χ1) is 16.9. The van der Waals surface area contributed by atoms with Gasteiger partial charge in [0, 0.05) is 34.3 Å². The molecule has 0 spiro atoms. The molecular weight excluding hydrogens is 469 g/mol. The molecule has 0 saturated carbocycles. The van der Waals surface area contributed by atoms with Crippen molar-refractivity contribution in [1.82, 2.24) is 9.47 Å². The summed E-state index contributed by atoms with van der Waals surface area (Å²) in [7, 11) is 0. The number of hydrogen-bond acceptors (Lipinski definition) is 5. The van der Waals surface area contributed by atoms with Crippen molar-refractivity contribution >= 4 is 45.6 Å². The highest BCUT2D eigenvalue weighted by molar-refractivity contribution is 8.18. The number of amides is 2. The molecule has 2 heterocycles. The van der Waals surface area contributed by atoms with Crippen molar-refractivity contribution in [2.24, 2.45) is 0 Å². The van der Waals surface area contributed by atoms with Crippen LogP contribution in [0.2, 0.25) is 0 Å². The predicted octanol–water partition coefficient (Wildman–Crippen LogP) is 5.97. The van der Waals surface area contributed by atoms with Gasteiger partial charge in [0.1, 0.15) is 5.82 Å². The van der Waals surface area contributed by atoms with Crippen LogP contribution in [0, 0.1) is 15.9 Å². The molecule has 0 N–H and O–H groups in total. The van der Waals surface area contributed by atoms with E-state index in [-0.39, 0.29) is 29.5 Å². The van der Waals surface area contributed by atoms with Crippen LogP contribution < -0.4 is 0 Å². The average Bonchev–Trinajstić information content (AvgIpc) is 3.32. The van der Waals surface area contributed by atoms with Crippen molar-refractivity contribution in [3.63, 3.8) is 0 Å². The van der Waals surface area contributed by atoms with Crippen LogP contribution >= 0.6 is 11.8 Å². The SMILES string of the molecule is O=C1S/C(=C\c2cn(Cc3ccccc3[N+](=O)[O-])c3ccccc23)C(=O)N1Cc1ccc(F)cc1. The van der Waals surface area contributed by atoms with E-state index >= 15 is 0 Å². The molecule has 1 aliphatic rings. The van der Waals surface area contributed by atoms with Crippen LogP contribution in [0.1, 0.15) is 16.7 Å². The van der Waals surface area contributed by atoms with E-state index in [1.165, 1.54) is 18.2 Å². The summed E-state index contributed by atoms with van der Waals surface area (Å²) in [6, 6.07) is 19.8. The Labute approximate surface area is 203 Å². The molecule has 2 amide bonds. The molecule has 35 heavy (non-hydrogen) atoms. The van der Waals surface area contributed by atoms with Crippen molar-refractivity contribution in [3.05, 3.63) is 117 Å². The molecule has 0 bridgehead atoms. The van der Waals surface area contributed by atoms with E-state index in [1.54, 1.807) is 36.4 Å². The number of hydrogen-bond donors (Lipinski definition) is 0. The normalized spacial score (nSPS) is 14.9. The first-order valence-corrected chi connectivity index (χ1v) is 11.5. The summed E-state index contributed by atoms with van der Waals surface area (Å²) in [5, 5.41) is 11.9. The zero-order valence-electron chi connectivity index (χ0n) is 18.3. The molecule has 0 atom stereocenters. The largest absolute Gasteiger partial charge is 0.342 e. The van der Waals surface area contributed by atoms with Gasteiger partial charge in [-0.1, -0.05) is 48.5 Å². The fourth-order valence-electron chi connectivity index (χ4n) is 4.08. The first-order valence-electron chi connectivity index (χ1n) is 10.7. The molecule has 0 unspecified atom stereocenters. The maximum absolute atomic E-state index is 13.2. The molecule has 1 fully saturated rings. The van der Waals surface area contributed by atoms with Gasteiger partial charge in [0.05, 0.1) is 22.9 Å². The third-order valence-corrected chi connectivity index (χ3v) is 6.67. The zero-order valence-corrected chi connectivity index (χ0v) is 19.1. The van der Waals surface area contributed by atoms with Crippen molar-refractivity contribution < 1.29 is 18.9 Å². The quantitative estimate of drug-likeness (QED) is 0.190. The Morgan fingerprint density at radius 3 is 2.43 bits per heavy atom. The van der Waals surface area contributed by atoms with Gasteiger partial charge in [0.15, 0.2) is 0 Å². The standard InChI is InChI=1S/C26H18FN3O4S/c27-20-11-9-17(10-12-20)14-29-25(31)24(35-26(29)32)13-19-16-28(23-8-4-2-6-21(19)23)15-18-5-1-3-7-22(18)30(33)34/h1-13,16H,14-15H2/b24-13-. The number of carbonyl (C=O) groups is 2. The van der Waals surface area contributed by atoms with Gasteiger partial charge in [-0.25, -0.2) is 4.39 Å². The molecule has 1 aromatic heterocycles. The molecule has 0 aliphatic carbocycles. The third-order valence-electron chi connectivity index (χ3n) is 5.76. The number of nitro groups is 1. The molecule has 3 aromatic carbocycles. The minimum atomic E-state index is -0.417. The monoisotopic (exact) mass is 487 g/mol. The molecule has 5 rings (SSSR count). The molecule has 0 radical (unpaired) electrons. The van der Waals surface area contributed by atoms with Crippen molar-refractivity contribution in [3.8, 4) is 0 Å². The molecular formula is C26H18FN3O4S. The summed E-state index contributed by atoms with van der Waals surface area (Å²) in [5.74, 6) is -0.806. The lowest BCUT2D eigenvalue weighted by molar-refractivity contribution is -0.385. The van der Waals surface area contributed by atoms with Gasteiger partial charge in [-0.3, -0.25) is 24.6 Å². The number of aromatic nitrogens is 1. The second-order valence-electron chi connectivity index (χ2n) is 8.01. The van der Waals surface area contributed by atoms with Gasteiger partial charge >= 0.3 is 0 Å². The molecule has 7 nitrogen and oxygen atoms in total. The fraction of sp³-hybridized carbons (Fsp3) is 0.0769. The highest BCUT2D eigenvalue weighted by Crippen LogP contribution is 2.35. The highest BCUT2D eigenvalue weighted by atomic mass is 32.2. The number of imide groups is 1. The number of rotatable bonds is 6. The molecule has 1 saturated heterocycles. The summed E-state index contributed by atoms with van der Waals surface area (Å²) >= 11 is 0.853. The van der Waals surface area contributed by atoms with E-state index in [2.05, 4.69) is 0 Å². The summed E-state index contributed by atoms with van der Waals surface area (Å²) in [6.45, 7) is 0.333. The minimum Gasteiger partial charge on any atom is -0.342 e. The van der Waals surface area contributed by atoms with Crippen LogP contribution in [-0.2, 0) is 17.9 Å². The van der Waals surface area contributed by atoms with Crippen LogP contribution in [0.5, 0.6) is 0 Å². The van der Waals surface area contributed by atoms with E-state index in [1.807, 2.05) is 35.0 Å². The smallest absolute Gasteiger partial charge is 0.293 e. The number of nitro benzene ring substituents is 1. The van der Waals surface area contributed by atoms with Gasteiger partial charge in [-0.2, -0.15) is 0 Å². The topological polar surface area (TPSA) is 85.5 Å². The number of halogens is 1. The van der Waals surface area contributed by atoms with Crippen molar-refractivity contribution in [2.75, 3.05) is 0 Å². The molecule has 4 aromatic rings. The van der Waals surface area contributed by atoms with Crippen molar-refractivity contribution in [2.45, 2.75) is 13.1 Å². The Kier molecular flexibility index (Phi) is 5.92. The lowest BCUT2D eigenvalue weighted by atomic mass is 10.1. The lowest BCUT2D eigenvalue weighted by Crippen LogP contribution is -2.27. The minimum absolute atomic E-state index is 0.0359. The van der Waals surface area contributed by atoms with Crippen LogP contribution in [0.15, 0.2) is 83.9 Å². The van der Waals surface area contributed by atoms with Crippen LogP contribution in [-0.4, -0.2) is 25.5 Å². The van der Waals surface area contributed by atoms with E-state index < -0.39 is 16.1 Å². The molecule has 1 aliphatic heterocycles. The summed E-state index contributed by atoms with van der Waals surface area (Å²) in [4.78, 5) is 38.0. The summed E-state index contributed by atoms with van der Waals surface area (Å²) in [6.07, 6.45) is 3.50. The Hall–Kier alpha value is -4.24. The summed E-state index contributed by atoms with van der Waals surface area (Å²) in [5.41, 5.74) is 2.82. The highest BCUT2D eigenvalue weighted by Gasteiger charge is 2.35. The van der Waals surface area contributed by atoms with E-state index in [4.69, 9.17) is 0 Å².